The predicted octanol–water partition coefficient (Wildman–Crippen LogP) is 3.54. The molecule has 0 unspecified atom stereocenters. The third kappa shape index (κ3) is 2.11. The molecule has 1 aliphatic heterocycles. The molecule has 1 aliphatic rings. The Morgan fingerprint density at radius 3 is 2.55 bits per heavy atom. The Kier molecular flexibility index (Phi) is 3.28. The van der Waals surface area contributed by atoms with Gasteiger partial charge < -0.3 is 9.47 Å². The quantitative estimate of drug-likeness (QED) is 0.819. The van der Waals surface area contributed by atoms with Crippen LogP contribution in [0.5, 0.6) is 0 Å². The molecule has 2 heterocycles. The molecule has 1 amide bonds. The summed E-state index contributed by atoms with van der Waals surface area (Å²) in [5.41, 5.74) is 3.35. The van der Waals surface area contributed by atoms with Crippen LogP contribution < -0.4 is 0 Å². The van der Waals surface area contributed by atoms with E-state index in [0.717, 1.165) is 31.5 Å². The van der Waals surface area contributed by atoms with Gasteiger partial charge in [-0.15, -0.1) is 0 Å². The van der Waals surface area contributed by atoms with Crippen molar-refractivity contribution < 1.29 is 4.79 Å². The van der Waals surface area contributed by atoms with E-state index in [2.05, 4.69) is 43.8 Å². The molecule has 0 bridgehead atoms. The van der Waals surface area contributed by atoms with Gasteiger partial charge in [0.25, 0.3) is 5.91 Å². The smallest absolute Gasteiger partial charge is 0.253 e. The van der Waals surface area contributed by atoms with E-state index < -0.39 is 0 Å². The van der Waals surface area contributed by atoms with Crippen LogP contribution >= 0.6 is 0 Å². The van der Waals surface area contributed by atoms with Crippen molar-refractivity contribution in [1.82, 2.24) is 9.47 Å². The van der Waals surface area contributed by atoms with Gasteiger partial charge in [0.1, 0.15) is 0 Å². The van der Waals surface area contributed by atoms with Gasteiger partial charge in [-0.05, 0) is 42.5 Å². The summed E-state index contributed by atoms with van der Waals surface area (Å²) in [5.74, 6) is 0.652. The fourth-order valence-corrected chi connectivity index (χ4v) is 3.12. The number of rotatable bonds is 2. The van der Waals surface area contributed by atoms with Crippen LogP contribution in [0.2, 0.25) is 0 Å². The van der Waals surface area contributed by atoms with Gasteiger partial charge in [-0.3, -0.25) is 4.79 Å². The lowest BCUT2D eigenvalue weighted by Gasteiger charge is -2.15. The highest BCUT2D eigenvalue weighted by Crippen LogP contribution is 2.28. The number of fused-ring (bicyclic) bond motifs is 1. The van der Waals surface area contributed by atoms with Gasteiger partial charge in [0.2, 0.25) is 0 Å². The average Bonchev–Trinajstić information content (AvgIpc) is 3.06. The minimum Gasteiger partial charge on any atom is -0.350 e. The first-order valence-corrected chi connectivity index (χ1v) is 7.46. The molecule has 0 atom stereocenters. The highest BCUT2D eigenvalue weighted by molar-refractivity contribution is 5.99. The van der Waals surface area contributed by atoms with Gasteiger partial charge in [-0.25, -0.2) is 0 Å². The first kappa shape index (κ1) is 13.2. The number of benzene rings is 1. The van der Waals surface area contributed by atoms with Crippen LogP contribution in [0.4, 0.5) is 0 Å². The first-order valence-electron chi connectivity index (χ1n) is 7.46. The first-order chi connectivity index (χ1) is 9.58. The van der Waals surface area contributed by atoms with E-state index in [1.807, 2.05) is 11.0 Å². The van der Waals surface area contributed by atoms with Crippen molar-refractivity contribution in [1.29, 1.82) is 0 Å². The Balaban J connectivity index is 2.05. The predicted molar refractivity (Wildman–Crippen MR) is 82.1 cm³/mol. The Labute approximate surface area is 120 Å². The van der Waals surface area contributed by atoms with Crippen molar-refractivity contribution in [3.8, 4) is 0 Å². The second-order valence-electron chi connectivity index (χ2n) is 6.08. The second-order valence-corrected chi connectivity index (χ2v) is 6.08. The molecule has 3 heteroatoms. The number of aryl methyl sites for hydroxylation is 1. The normalized spacial score (nSPS) is 15.5. The minimum atomic E-state index is 0.183. The molecular formula is C17H22N2O. The van der Waals surface area contributed by atoms with Gasteiger partial charge in [0.05, 0.1) is 0 Å². The zero-order chi connectivity index (χ0) is 14.3. The maximum Gasteiger partial charge on any atom is 0.253 e. The number of likely N-dealkylation sites (tertiary alicyclic amines) is 1. The summed E-state index contributed by atoms with van der Waals surface area (Å²) in [6, 6.07) is 6.11. The summed E-state index contributed by atoms with van der Waals surface area (Å²) in [6.45, 7) is 6.21. The number of amides is 1. The van der Waals surface area contributed by atoms with Gasteiger partial charge in [-0.2, -0.15) is 0 Å². The summed E-state index contributed by atoms with van der Waals surface area (Å²) in [6.07, 6.45) is 4.45. The Bertz CT molecular complexity index is 648. The number of hydrogen-bond donors (Lipinski definition) is 0. The molecule has 1 saturated heterocycles. The number of aromatic nitrogens is 1. The molecule has 3 nitrogen and oxygen atoms in total. The topological polar surface area (TPSA) is 25.2 Å². The lowest BCUT2D eigenvalue weighted by atomic mass is 10.0. The van der Waals surface area contributed by atoms with Crippen LogP contribution in [0, 0.1) is 0 Å². The van der Waals surface area contributed by atoms with Gasteiger partial charge >= 0.3 is 0 Å². The van der Waals surface area contributed by atoms with Crippen LogP contribution in [0.3, 0.4) is 0 Å². The monoisotopic (exact) mass is 270 g/mol. The van der Waals surface area contributed by atoms with Crippen molar-refractivity contribution >= 4 is 16.8 Å². The van der Waals surface area contributed by atoms with E-state index in [9.17, 15) is 4.79 Å². The van der Waals surface area contributed by atoms with Crippen molar-refractivity contribution in [2.75, 3.05) is 13.1 Å². The lowest BCUT2D eigenvalue weighted by molar-refractivity contribution is 0.0793. The molecule has 0 aliphatic carbocycles. The molecule has 106 valence electrons. The molecule has 0 N–H and O–H groups in total. The summed E-state index contributed by atoms with van der Waals surface area (Å²) in [4.78, 5) is 14.5. The lowest BCUT2D eigenvalue weighted by Crippen LogP contribution is -2.27. The highest BCUT2D eigenvalue weighted by Gasteiger charge is 2.20. The van der Waals surface area contributed by atoms with Crippen LogP contribution in [-0.4, -0.2) is 28.5 Å². The van der Waals surface area contributed by atoms with Gasteiger partial charge in [0.15, 0.2) is 0 Å². The minimum absolute atomic E-state index is 0.183. The van der Waals surface area contributed by atoms with E-state index >= 15 is 0 Å². The van der Waals surface area contributed by atoms with Crippen LogP contribution in [0.1, 0.15) is 48.5 Å². The number of nitrogens with zero attached hydrogens (tertiary/aromatic N) is 2. The number of carbonyl (C=O) groups excluding carboxylic acids is 1. The van der Waals surface area contributed by atoms with Gasteiger partial charge in [0, 0.05) is 42.8 Å². The molecular weight excluding hydrogens is 248 g/mol. The third-order valence-electron chi connectivity index (χ3n) is 4.28. The molecule has 2 aromatic rings. The average molecular weight is 270 g/mol. The maximum atomic E-state index is 12.5. The summed E-state index contributed by atoms with van der Waals surface area (Å²) >= 11 is 0. The molecule has 0 saturated carbocycles. The fraction of sp³-hybridized carbons (Fsp3) is 0.471. The van der Waals surface area contributed by atoms with Crippen molar-refractivity contribution in [3.63, 3.8) is 0 Å². The van der Waals surface area contributed by atoms with E-state index in [1.54, 1.807) is 0 Å². The van der Waals surface area contributed by atoms with Crippen molar-refractivity contribution in [2.24, 2.45) is 7.05 Å². The Morgan fingerprint density at radius 1 is 1.20 bits per heavy atom. The largest absolute Gasteiger partial charge is 0.350 e. The van der Waals surface area contributed by atoms with Crippen molar-refractivity contribution in [2.45, 2.75) is 32.6 Å². The maximum absolute atomic E-state index is 12.5. The van der Waals surface area contributed by atoms with Crippen molar-refractivity contribution in [3.05, 3.63) is 35.5 Å². The zero-order valence-electron chi connectivity index (χ0n) is 12.5. The van der Waals surface area contributed by atoms with E-state index in [0.29, 0.717) is 5.92 Å². The van der Waals surface area contributed by atoms with Crippen LogP contribution in [0.15, 0.2) is 24.4 Å². The zero-order valence-corrected chi connectivity index (χ0v) is 12.5. The van der Waals surface area contributed by atoms with E-state index in [4.69, 9.17) is 0 Å². The highest BCUT2D eigenvalue weighted by atomic mass is 16.2. The fourth-order valence-electron chi connectivity index (χ4n) is 3.12. The second kappa shape index (κ2) is 4.97. The molecule has 1 aromatic carbocycles. The Hall–Kier alpha value is -1.77. The number of hydrogen-bond acceptors (Lipinski definition) is 1. The van der Waals surface area contributed by atoms with Crippen LogP contribution in [0.25, 0.3) is 10.9 Å². The molecule has 0 radical (unpaired) electrons. The molecule has 0 spiro atoms. The van der Waals surface area contributed by atoms with E-state index in [-0.39, 0.29) is 5.91 Å². The molecule has 1 aromatic heterocycles. The SMILES string of the molecule is CC(C)c1cn(C)c2ccc(C(=O)N3CCCC3)cc12. The number of carbonyl (C=O) groups is 1. The Morgan fingerprint density at radius 2 is 1.90 bits per heavy atom. The molecule has 20 heavy (non-hydrogen) atoms. The summed E-state index contributed by atoms with van der Waals surface area (Å²) in [5, 5.41) is 1.22. The molecule has 3 rings (SSSR count). The summed E-state index contributed by atoms with van der Waals surface area (Å²) in [7, 11) is 2.07. The van der Waals surface area contributed by atoms with E-state index in [1.165, 1.54) is 16.5 Å². The third-order valence-corrected chi connectivity index (χ3v) is 4.28. The standard InChI is InChI=1S/C17H22N2O/c1-12(2)15-11-18(3)16-7-6-13(10-14(15)16)17(20)19-8-4-5-9-19/h6-7,10-12H,4-5,8-9H2,1-3H3. The summed E-state index contributed by atoms with van der Waals surface area (Å²) < 4.78 is 2.15. The van der Waals surface area contributed by atoms with Gasteiger partial charge in [-0.1, -0.05) is 13.8 Å². The van der Waals surface area contributed by atoms with Crippen LogP contribution in [-0.2, 0) is 7.05 Å². The molecule has 1 fully saturated rings.